The highest BCUT2D eigenvalue weighted by molar-refractivity contribution is 7.89. The SMILES string of the molecule is CCOc1ccc(S(=O)(=O)NCC(c2ccsc2)N(C)C)cc1. The molecule has 0 spiro atoms. The van der Waals surface area contributed by atoms with Crippen LogP contribution in [0.15, 0.2) is 46.0 Å². The average Bonchev–Trinajstić information content (AvgIpc) is 3.02. The number of nitrogens with zero attached hydrogens (tertiary/aromatic N) is 1. The van der Waals surface area contributed by atoms with Gasteiger partial charge in [-0.05, 0) is 67.7 Å². The summed E-state index contributed by atoms with van der Waals surface area (Å²) in [5.41, 5.74) is 1.11. The van der Waals surface area contributed by atoms with Gasteiger partial charge in [-0.1, -0.05) is 0 Å². The van der Waals surface area contributed by atoms with Gasteiger partial charge in [0, 0.05) is 12.6 Å². The topological polar surface area (TPSA) is 58.6 Å². The fourth-order valence-corrected chi connectivity index (χ4v) is 3.96. The highest BCUT2D eigenvalue weighted by Gasteiger charge is 2.20. The number of ether oxygens (including phenoxy) is 1. The third-order valence-electron chi connectivity index (χ3n) is 3.46. The number of likely N-dealkylation sites (N-methyl/N-ethyl adjacent to an activating group) is 1. The lowest BCUT2D eigenvalue weighted by molar-refractivity contribution is 0.300. The molecule has 0 saturated heterocycles. The summed E-state index contributed by atoms with van der Waals surface area (Å²) in [6, 6.07) is 8.46. The normalized spacial score (nSPS) is 13.2. The quantitative estimate of drug-likeness (QED) is 0.792. The van der Waals surface area contributed by atoms with Gasteiger partial charge >= 0.3 is 0 Å². The van der Waals surface area contributed by atoms with Crippen LogP contribution < -0.4 is 9.46 Å². The minimum absolute atomic E-state index is 0.00118. The minimum atomic E-state index is -3.54. The van der Waals surface area contributed by atoms with Crippen molar-refractivity contribution < 1.29 is 13.2 Å². The summed E-state index contributed by atoms with van der Waals surface area (Å²) in [5, 5.41) is 4.03. The van der Waals surface area contributed by atoms with Crippen LogP contribution in [0, 0.1) is 0 Å². The molecule has 0 saturated carbocycles. The van der Waals surface area contributed by atoms with E-state index in [1.807, 2.05) is 42.7 Å². The van der Waals surface area contributed by atoms with Gasteiger partial charge in [-0.25, -0.2) is 13.1 Å². The van der Waals surface area contributed by atoms with Crippen molar-refractivity contribution in [3.05, 3.63) is 46.7 Å². The third-order valence-corrected chi connectivity index (χ3v) is 5.60. The number of benzene rings is 1. The first-order chi connectivity index (χ1) is 10.9. The molecule has 0 fully saturated rings. The summed E-state index contributed by atoms with van der Waals surface area (Å²) in [7, 11) is 0.336. The number of hydrogen-bond acceptors (Lipinski definition) is 5. The van der Waals surface area contributed by atoms with Crippen LogP contribution in [0.1, 0.15) is 18.5 Å². The molecule has 1 heterocycles. The van der Waals surface area contributed by atoms with Gasteiger partial charge < -0.3 is 9.64 Å². The molecular formula is C16H22N2O3S2. The van der Waals surface area contributed by atoms with Crippen LogP contribution in [0.25, 0.3) is 0 Å². The van der Waals surface area contributed by atoms with Crippen molar-refractivity contribution in [3.8, 4) is 5.75 Å². The fourth-order valence-electron chi connectivity index (χ4n) is 2.22. The van der Waals surface area contributed by atoms with Gasteiger partial charge in [-0.3, -0.25) is 0 Å². The first-order valence-electron chi connectivity index (χ1n) is 7.35. The maximum Gasteiger partial charge on any atom is 0.240 e. The second kappa shape index (κ2) is 7.92. The van der Waals surface area contributed by atoms with Crippen molar-refractivity contribution in [2.24, 2.45) is 0 Å². The second-order valence-corrected chi connectivity index (χ2v) is 7.84. The van der Waals surface area contributed by atoms with Gasteiger partial charge in [-0.15, -0.1) is 0 Å². The van der Waals surface area contributed by atoms with Crippen molar-refractivity contribution in [3.63, 3.8) is 0 Å². The predicted molar refractivity (Wildman–Crippen MR) is 93.5 cm³/mol. The summed E-state index contributed by atoms with van der Waals surface area (Å²) in [6.45, 7) is 2.76. The van der Waals surface area contributed by atoms with Gasteiger partial charge in [0.2, 0.25) is 10.0 Å². The maximum absolute atomic E-state index is 12.4. The standard InChI is InChI=1S/C16H22N2O3S2/c1-4-21-14-5-7-15(8-6-14)23(19,20)17-11-16(18(2)3)13-9-10-22-12-13/h5-10,12,16-17H,4,11H2,1-3H3. The molecule has 1 unspecified atom stereocenters. The molecule has 0 aliphatic carbocycles. The highest BCUT2D eigenvalue weighted by atomic mass is 32.2. The lowest BCUT2D eigenvalue weighted by Gasteiger charge is -2.24. The number of nitrogens with one attached hydrogen (secondary N) is 1. The van der Waals surface area contributed by atoms with E-state index < -0.39 is 10.0 Å². The Morgan fingerprint density at radius 2 is 1.91 bits per heavy atom. The Balaban J connectivity index is 2.08. The zero-order chi connectivity index (χ0) is 16.9. The van der Waals surface area contributed by atoms with Crippen molar-refractivity contribution in [1.82, 2.24) is 9.62 Å². The van der Waals surface area contributed by atoms with Crippen molar-refractivity contribution in [2.75, 3.05) is 27.2 Å². The Morgan fingerprint density at radius 3 is 2.43 bits per heavy atom. The van der Waals surface area contributed by atoms with Gasteiger partial charge in [0.25, 0.3) is 0 Å². The van der Waals surface area contributed by atoms with Crippen LogP contribution in [0.2, 0.25) is 0 Å². The van der Waals surface area contributed by atoms with Crippen molar-refractivity contribution in [1.29, 1.82) is 0 Å². The van der Waals surface area contributed by atoms with Crippen molar-refractivity contribution >= 4 is 21.4 Å². The zero-order valence-electron chi connectivity index (χ0n) is 13.5. The molecular weight excluding hydrogens is 332 g/mol. The zero-order valence-corrected chi connectivity index (χ0v) is 15.2. The lowest BCUT2D eigenvalue weighted by Crippen LogP contribution is -2.34. The molecule has 2 aromatic rings. The summed E-state index contributed by atoms with van der Waals surface area (Å²) in [6.07, 6.45) is 0. The monoisotopic (exact) mass is 354 g/mol. The Bertz CT molecular complexity index is 695. The molecule has 0 aliphatic heterocycles. The molecule has 0 radical (unpaired) electrons. The third kappa shape index (κ3) is 4.78. The summed E-state index contributed by atoms with van der Waals surface area (Å²) >= 11 is 1.60. The Hall–Kier alpha value is -1.41. The number of rotatable bonds is 8. The van der Waals surface area contributed by atoms with E-state index in [2.05, 4.69) is 4.72 Å². The molecule has 7 heteroatoms. The Labute approximate surface area is 142 Å². The molecule has 0 amide bonds. The molecule has 1 atom stereocenters. The predicted octanol–water partition coefficient (Wildman–Crippen LogP) is 2.73. The van der Waals surface area contributed by atoms with E-state index in [1.165, 1.54) is 0 Å². The molecule has 1 N–H and O–H groups in total. The first kappa shape index (κ1) is 17.9. The molecule has 5 nitrogen and oxygen atoms in total. The summed E-state index contributed by atoms with van der Waals surface area (Å²) < 4.78 is 32.9. The average molecular weight is 354 g/mol. The molecule has 23 heavy (non-hydrogen) atoms. The minimum Gasteiger partial charge on any atom is -0.494 e. The van der Waals surface area contributed by atoms with Crippen LogP contribution in [0.3, 0.4) is 0 Å². The van der Waals surface area contributed by atoms with E-state index in [9.17, 15) is 8.42 Å². The molecule has 0 aliphatic rings. The molecule has 126 valence electrons. The largest absolute Gasteiger partial charge is 0.494 e. The number of thiophene rings is 1. The summed E-state index contributed by atoms with van der Waals surface area (Å²) in [5.74, 6) is 0.663. The number of hydrogen-bond donors (Lipinski definition) is 1. The van der Waals surface area contributed by atoms with E-state index in [4.69, 9.17) is 4.74 Å². The van der Waals surface area contributed by atoms with Gasteiger partial charge in [0.1, 0.15) is 5.75 Å². The lowest BCUT2D eigenvalue weighted by atomic mass is 10.1. The highest BCUT2D eigenvalue weighted by Crippen LogP contribution is 2.21. The van der Waals surface area contributed by atoms with Gasteiger partial charge in [-0.2, -0.15) is 11.3 Å². The van der Waals surface area contributed by atoms with Crippen LogP contribution >= 0.6 is 11.3 Å². The molecule has 2 rings (SSSR count). The summed E-state index contributed by atoms with van der Waals surface area (Å²) in [4.78, 5) is 2.24. The molecule has 1 aromatic carbocycles. The number of sulfonamides is 1. The van der Waals surface area contributed by atoms with E-state index in [-0.39, 0.29) is 10.9 Å². The van der Waals surface area contributed by atoms with Crippen LogP contribution in [0.4, 0.5) is 0 Å². The molecule has 0 bridgehead atoms. The van der Waals surface area contributed by atoms with E-state index in [0.29, 0.717) is 18.9 Å². The van der Waals surface area contributed by atoms with E-state index >= 15 is 0 Å². The Morgan fingerprint density at radius 1 is 1.22 bits per heavy atom. The van der Waals surface area contributed by atoms with Crippen LogP contribution in [0.5, 0.6) is 5.75 Å². The van der Waals surface area contributed by atoms with Crippen LogP contribution in [-0.2, 0) is 10.0 Å². The second-order valence-electron chi connectivity index (χ2n) is 5.29. The van der Waals surface area contributed by atoms with Crippen LogP contribution in [-0.4, -0.2) is 40.6 Å². The van der Waals surface area contributed by atoms with Gasteiger partial charge in [0.15, 0.2) is 0 Å². The van der Waals surface area contributed by atoms with Crippen molar-refractivity contribution in [2.45, 2.75) is 17.9 Å². The van der Waals surface area contributed by atoms with E-state index in [0.717, 1.165) is 5.56 Å². The first-order valence-corrected chi connectivity index (χ1v) is 9.77. The van der Waals surface area contributed by atoms with Gasteiger partial charge in [0.05, 0.1) is 11.5 Å². The Kier molecular flexibility index (Phi) is 6.17. The smallest absolute Gasteiger partial charge is 0.240 e. The maximum atomic E-state index is 12.4. The molecule has 1 aromatic heterocycles. The fraction of sp³-hybridized carbons (Fsp3) is 0.375. The van der Waals surface area contributed by atoms with E-state index in [1.54, 1.807) is 35.6 Å².